The van der Waals surface area contributed by atoms with E-state index < -0.39 is 11.9 Å². The average Bonchev–Trinajstić information content (AvgIpc) is 2.45. The van der Waals surface area contributed by atoms with Crippen LogP contribution in [0.4, 0.5) is 10.5 Å². The normalized spacial score (nSPS) is 11.0. The summed E-state index contributed by atoms with van der Waals surface area (Å²) in [5, 5.41) is 7.66. The molecule has 0 atom stereocenters. The molecule has 0 aliphatic carbocycles. The van der Waals surface area contributed by atoms with Gasteiger partial charge in [0.2, 0.25) is 11.8 Å². The number of carbonyl (C=O) groups excluding carboxylic acids is 3. The molecule has 1 aromatic rings. The Morgan fingerprint density at radius 2 is 1.58 bits per heavy atom. The molecular formula is C17H26N4O3. The van der Waals surface area contributed by atoms with Crippen molar-refractivity contribution in [1.29, 1.82) is 0 Å². The molecule has 0 fully saturated rings. The number of anilines is 1. The van der Waals surface area contributed by atoms with Gasteiger partial charge in [-0.2, -0.15) is 0 Å². The summed E-state index contributed by atoms with van der Waals surface area (Å²) in [6, 6.07) is 8.24. The second-order valence-electron chi connectivity index (χ2n) is 6.47. The summed E-state index contributed by atoms with van der Waals surface area (Å²) in [4.78, 5) is 37.3. The van der Waals surface area contributed by atoms with Crippen molar-refractivity contribution >= 4 is 23.5 Å². The van der Waals surface area contributed by atoms with Crippen LogP contribution in [0.15, 0.2) is 30.3 Å². The van der Waals surface area contributed by atoms with Crippen LogP contribution in [0.5, 0.6) is 0 Å². The zero-order valence-corrected chi connectivity index (χ0v) is 14.7. The van der Waals surface area contributed by atoms with Gasteiger partial charge in [0.25, 0.3) is 0 Å². The largest absolute Gasteiger partial charge is 0.350 e. The van der Waals surface area contributed by atoms with Crippen LogP contribution >= 0.6 is 0 Å². The lowest BCUT2D eigenvalue weighted by Crippen LogP contribution is -2.48. The highest BCUT2D eigenvalue weighted by Gasteiger charge is 2.18. The Morgan fingerprint density at radius 1 is 1.00 bits per heavy atom. The van der Waals surface area contributed by atoms with E-state index in [1.165, 1.54) is 0 Å². The smallest absolute Gasteiger partial charge is 0.325 e. The molecule has 0 heterocycles. The first kappa shape index (κ1) is 19.6. The van der Waals surface area contributed by atoms with E-state index in [9.17, 15) is 14.4 Å². The van der Waals surface area contributed by atoms with Crippen molar-refractivity contribution in [1.82, 2.24) is 15.5 Å². The fourth-order valence-electron chi connectivity index (χ4n) is 1.99. The zero-order valence-electron chi connectivity index (χ0n) is 14.7. The van der Waals surface area contributed by atoms with Crippen molar-refractivity contribution in [3.05, 3.63) is 30.3 Å². The molecule has 0 radical (unpaired) electrons. The molecule has 0 aromatic heterocycles. The van der Waals surface area contributed by atoms with Crippen LogP contribution in [-0.2, 0) is 9.59 Å². The van der Waals surface area contributed by atoms with Crippen molar-refractivity contribution in [3.63, 3.8) is 0 Å². The first-order valence-electron chi connectivity index (χ1n) is 7.89. The molecule has 3 N–H and O–H groups in total. The van der Waals surface area contributed by atoms with Crippen LogP contribution in [0.3, 0.4) is 0 Å². The predicted octanol–water partition coefficient (Wildman–Crippen LogP) is 1.57. The molecule has 4 amide bonds. The molecule has 0 saturated heterocycles. The third-order valence-electron chi connectivity index (χ3n) is 2.98. The molecule has 0 aliphatic rings. The molecule has 0 saturated carbocycles. The predicted molar refractivity (Wildman–Crippen MR) is 93.6 cm³/mol. The highest BCUT2D eigenvalue weighted by molar-refractivity contribution is 6.01. The second-order valence-corrected chi connectivity index (χ2v) is 6.47. The molecular weight excluding hydrogens is 308 g/mol. The lowest BCUT2D eigenvalue weighted by molar-refractivity contribution is -0.125. The van der Waals surface area contributed by atoms with Crippen LogP contribution in [-0.4, -0.2) is 47.9 Å². The van der Waals surface area contributed by atoms with E-state index in [-0.39, 0.29) is 24.5 Å². The van der Waals surface area contributed by atoms with E-state index in [2.05, 4.69) is 16.0 Å². The zero-order chi connectivity index (χ0) is 18.2. The van der Waals surface area contributed by atoms with Gasteiger partial charge in [-0.3, -0.25) is 19.8 Å². The molecule has 1 rings (SSSR count). The van der Waals surface area contributed by atoms with Gasteiger partial charge >= 0.3 is 6.03 Å². The molecule has 0 unspecified atom stereocenters. The number of nitrogens with zero attached hydrogens (tertiary/aromatic N) is 1. The van der Waals surface area contributed by atoms with Gasteiger partial charge in [0.05, 0.1) is 13.1 Å². The second kappa shape index (κ2) is 9.02. The standard InChI is InChI=1S/C17H26N4O3/c1-5-21(12-15(23)20-17(2,3)4)11-14(22)19-16(24)18-13-9-7-6-8-10-13/h6-10H,5,11-12H2,1-4H3,(H,20,23)(H2,18,19,22,24). The number of rotatable bonds is 6. The van der Waals surface area contributed by atoms with E-state index in [4.69, 9.17) is 0 Å². The summed E-state index contributed by atoms with van der Waals surface area (Å²) < 4.78 is 0. The van der Waals surface area contributed by atoms with E-state index in [1.54, 1.807) is 29.2 Å². The number of imide groups is 1. The van der Waals surface area contributed by atoms with Gasteiger partial charge < -0.3 is 10.6 Å². The number of para-hydroxylation sites is 1. The van der Waals surface area contributed by atoms with Gasteiger partial charge in [-0.25, -0.2) is 4.79 Å². The first-order valence-corrected chi connectivity index (χ1v) is 7.89. The van der Waals surface area contributed by atoms with Crippen molar-refractivity contribution in [2.45, 2.75) is 33.2 Å². The number of nitrogens with one attached hydrogen (secondary N) is 3. The minimum Gasteiger partial charge on any atom is -0.350 e. The van der Waals surface area contributed by atoms with E-state index in [0.717, 1.165) is 0 Å². The summed E-state index contributed by atoms with van der Waals surface area (Å²) in [5.74, 6) is -0.625. The molecule has 132 valence electrons. The number of carbonyl (C=O) groups is 3. The Bertz CT molecular complexity index is 567. The van der Waals surface area contributed by atoms with Crippen molar-refractivity contribution in [2.24, 2.45) is 0 Å². The molecule has 7 nitrogen and oxygen atoms in total. The fourth-order valence-corrected chi connectivity index (χ4v) is 1.99. The summed E-state index contributed by atoms with van der Waals surface area (Å²) >= 11 is 0. The quantitative estimate of drug-likeness (QED) is 0.736. The maximum atomic E-state index is 11.9. The molecule has 7 heteroatoms. The van der Waals surface area contributed by atoms with Gasteiger partial charge in [0.1, 0.15) is 0 Å². The van der Waals surface area contributed by atoms with Gasteiger partial charge in [-0.15, -0.1) is 0 Å². The molecule has 1 aromatic carbocycles. The Hall–Kier alpha value is -2.41. The lowest BCUT2D eigenvalue weighted by atomic mass is 10.1. The van der Waals surface area contributed by atoms with Gasteiger partial charge in [-0.05, 0) is 39.4 Å². The van der Waals surface area contributed by atoms with E-state index >= 15 is 0 Å². The highest BCUT2D eigenvalue weighted by Crippen LogP contribution is 2.04. The Kier molecular flexibility index (Phi) is 7.38. The Morgan fingerprint density at radius 3 is 2.12 bits per heavy atom. The minimum absolute atomic E-state index is 0.0315. The number of likely N-dealkylation sites (N-methyl/N-ethyl adjacent to an activating group) is 1. The third kappa shape index (κ3) is 8.28. The van der Waals surface area contributed by atoms with E-state index in [1.807, 2.05) is 33.8 Å². The van der Waals surface area contributed by atoms with Crippen LogP contribution in [0.25, 0.3) is 0 Å². The molecule has 0 aliphatic heterocycles. The van der Waals surface area contributed by atoms with Crippen molar-refractivity contribution < 1.29 is 14.4 Å². The molecule has 0 spiro atoms. The van der Waals surface area contributed by atoms with Gasteiger partial charge in [0.15, 0.2) is 0 Å². The van der Waals surface area contributed by atoms with Gasteiger partial charge in [-0.1, -0.05) is 25.1 Å². The minimum atomic E-state index is -0.596. The number of amides is 4. The summed E-state index contributed by atoms with van der Waals surface area (Å²) in [6.45, 7) is 8.11. The van der Waals surface area contributed by atoms with Gasteiger partial charge in [0, 0.05) is 11.2 Å². The fraction of sp³-hybridized carbons (Fsp3) is 0.471. The summed E-state index contributed by atoms with van der Waals surface area (Å²) in [6.07, 6.45) is 0. The van der Waals surface area contributed by atoms with E-state index in [0.29, 0.717) is 12.2 Å². The van der Waals surface area contributed by atoms with Crippen LogP contribution in [0.1, 0.15) is 27.7 Å². The van der Waals surface area contributed by atoms with Crippen LogP contribution < -0.4 is 16.0 Å². The SMILES string of the molecule is CCN(CC(=O)NC(=O)Nc1ccccc1)CC(=O)NC(C)(C)C. The molecule has 24 heavy (non-hydrogen) atoms. The van der Waals surface area contributed by atoms with Crippen LogP contribution in [0, 0.1) is 0 Å². The van der Waals surface area contributed by atoms with Crippen molar-refractivity contribution in [2.75, 3.05) is 25.0 Å². The average molecular weight is 334 g/mol. The maximum absolute atomic E-state index is 11.9. The number of hydrogen-bond acceptors (Lipinski definition) is 4. The summed E-state index contributed by atoms with van der Waals surface area (Å²) in [5.41, 5.74) is 0.272. The lowest BCUT2D eigenvalue weighted by Gasteiger charge is -2.24. The summed E-state index contributed by atoms with van der Waals surface area (Å²) in [7, 11) is 0. The highest BCUT2D eigenvalue weighted by atomic mass is 16.2. The maximum Gasteiger partial charge on any atom is 0.325 e. The monoisotopic (exact) mass is 334 g/mol. The number of hydrogen-bond donors (Lipinski definition) is 3. The number of benzene rings is 1. The van der Waals surface area contributed by atoms with Crippen LogP contribution in [0.2, 0.25) is 0 Å². The Labute approximate surface area is 142 Å². The van der Waals surface area contributed by atoms with Crippen molar-refractivity contribution in [3.8, 4) is 0 Å². The Balaban J connectivity index is 2.43. The topological polar surface area (TPSA) is 90.5 Å². The molecule has 0 bridgehead atoms. The first-order chi connectivity index (χ1) is 11.2. The number of urea groups is 1. The third-order valence-corrected chi connectivity index (χ3v) is 2.98.